The van der Waals surface area contributed by atoms with Crippen molar-refractivity contribution in [1.29, 1.82) is 0 Å². The van der Waals surface area contributed by atoms with Crippen LogP contribution in [-0.2, 0) is 14.3 Å². The molecule has 146 valence electrons. The van der Waals surface area contributed by atoms with Crippen LogP contribution in [0.1, 0.15) is 24.0 Å². The monoisotopic (exact) mass is 411 g/mol. The molecule has 2 heterocycles. The van der Waals surface area contributed by atoms with Crippen LogP contribution in [0.2, 0.25) is 5.02 Å². The average molecular weight is 412 g/mol. The number of amides is 1. The first-order chi connectivity index (χ1) is 13.9. The minimum atomic E-state index is -0.656. The zero-order valence-corrected chi connectivity index (χ0v) is 15.8. The van der Waals surface area contributed by atoms with E-state index in [2.05, 4.69) is 4.99 Å². The lowest BCUT2D eigenvalue weighted by atomic mass is 10.1. The Balaban J connectivity index is 1.59. The number of carbonyl (C=O) groups is 2. The highest BCUT2D eigenvalue weighted by atomic mass is 35.5. The Hall–Kier alpha value is -3.52. The third-order valence-electron chi connectivity index (χ3n) is 4.59. The van der Waals surface area contributed by atoms with Gasteiger partial charge in [0, 0.05) is 30.3 Å². The lowest BCUT2D eigenvalue weighted by molar-refractivity contribution is -0.384. The molecule has 0 saturated carbocycles. The molecule has 2 aliphatic rings. The summed E-state index contributed by atoms with van der Waals surface area (Å²) in [5, 5.41) is 11.0. The van der Waals surface area contributed by atoms with Crippen LogP contribution >= 0.6 is 11.6 Å². The Labute approximate surface area is 170 Å². The molecule has 9 heteroatoms. The summed E-state index contributed by atoms with van der Waals surface area (Å²) >= 11 is 5.80. The number of esters is 1. The number of nitro groups is 1. The Morgan fingerprint density at radius 3 is 2.59 bits per heavy atom. The summed E-state index contributed by atoms with van der Waals surface area (Å²) in [4.78, 5) is 40.3. The molecule has 0 N–H and O–H groups in total. The van der Waals surface area contributed by atoms with E-state index in [1.165, 1.54) is 18.2 Å². The maximum absolute atomic E-state index is 12.1. The zero-order chi connectivity index (χ0) is 20.5. The number of hydrogen-bond donors (Lipinski definition) is 0. The molecule has 0 aromatic heterocycles. The number of cyclic esters (lactones) is 1. The van der Waals surface area contributed by atoms with Gasteiger partial charge < -0.3 is 9.64 Å². The van der Waals surface area contributed by atoms with E-state index in [1.807, 2.05) is 0 Å². The van der Waals surface area contributed by atoms with E-state index in [0.29, 0.717) is 24.1 Å². The van der Waals surface area contributed by atoms with E-state index in [-0.39, 0.29) is 28.2 Å². The van der Waals surface area contributed by atoms with Crippen LogP contribution in [0.3, 0.4) is 0 Å². The maximum Gasteiger partial charge on any atom is 0.363 e. The van der Waals surface area contributed by atoms with Crippen molar-refractivity contribution < 1.29 is 19.2 Å². The topological polar surface area (TPSA) is 102 Å². The van der Waals surface area contributed by atoms with E-state index < -0.39 is 10.9 Å². The van der Waals surface area contributed by atoms with E-state index in [4.69, 9.17) is 16.3 Å². The van der Waals surface area contributed by atoms with Gasteiger partial charge in [0.1, 0.15) is 5.02 Å². The number of nitro benzene ring substituents is 1. The second-order valence-corrected chi connectivity index (χ2v) is 6.91. The third-order valence-corrected chi connectivity index (χ3v) is 4.91. The molecule has 0 unspecified atom stereocenters. The van der Waals surface area contributed by atoms with Gasteiger partial charge in [-0.1, -0.05) is 17.7 Å². The minimum Gasteiger partial charge on any atom is -0.402 e. The van der Waals surface area contributed by atoms with Gasteiger partial charge in [-0.15, -0.1) is 0 Å². The number of aliphatic imine (C=N–C) groups is 1. The van der Waals surface area contributed by atoms with Gasteiger partial charge in [-0.3, -0.25) is 14.9 Å². The molecule has 1 saturated heterocycles. The summed E-state index contributed by atoms with van der Waals surface area (Å²) in [6.45, 7) is 0.689. The Morgan fingerprint density at radius 1 is 1.17 bits per heavy atom. The summed E-state index contributed by atoms with van der Waals surface area (Å²) in [5.41, 5.74) is 1.53. The fourth-order valence-electron chi connectivity index (χ4n) is 3.15. The molecule has 1 fully saturated rings. The quantitative estimate of drug-likeness (QED) is 0.330. The van der Waals surface area contributed by atoms with Crippen LogP contribution in [0.15, 0.2) is 53.2 Å². The van der Waals surface area contributed by atoms with Gasteiger partial charge in [0.05, 0.1) is 4.92 Å². The van der Waals surface area contributed by atoms with Gasteiger partial charge in [0.2, 0.25) is 11.8 Å². The second-order valence-electron chi connectivity index (χ2n) is 6.50. The summed E-state index contributed by atoms with van der Waals surface area (Å²) in [5.74, 6) is -0.440. The van der Waals surface area contributed by atoms with Gasteiger partial charge in [0.15, 0.2) is 5.70 Å². The van der Waals surface area contributed by atoms with Gasteiger partial charge in [-0.2, -0.15) is 0 Å². The van der Waals surface area contributed by atoms with Crippen LogP contribution in [0.4, 0.5) is 11.4 Å². The SMILES string of the molecule is O=C1OC(c2ccc(N3CCCC3=O)cc2)=N/C1=C/c1ccc(Cl)c([N+](=O)[O-])c1. The molecular formula is C20H14ClN3O5. The molecule has 2 aromatic rings. The van der Waals surface area contributed by atoms with Crippen molar-refractivity contribution in [2.24, 2.45) is 4.99 Å². The van der Waals surface area contributed by atoms with E-state index >= 15 is 0 Å². The molecule has 0 radical (unpaired) electrons. The number of carbonyl (C=O) groups excluding carboxylic acids is 2. The van der Waals surface area contributed by atoms with Gasteiger partial charge in [-0.25, -0.2) is 9.79 Å². The van der Waals surface area contributed by atoms with Gasteiger partial charge in [-0.05, 0) is 48.4 Å². The standard InChI is InChI=1S/C20H14ClN3O5/c21-15-8-3-12(11-17(15)24(27)28)10-16-20(26)29-19(22-16)13-4-6-14(7-5-13)23-9-1-2-18(23)25/h3-8,10-11H,1-2,9H2/b16-10+. The molecule has 2 aliphatic heterocycles. The summed E-state index contributed by atoms with van der Waals surface area (Å²) in [7, 11) is 0. The molecule has 29 heavy (non-hydrogen) atoms. The summed E-state index contributed by atoms with van der Waals surface area (Å²) in [6, 6.07) is 11.2. The largest absolute Gasteiger partial charge is 0.402 e. The number of ether oxygens (including phenoxy) is 1. The third kappa shape index (κ3) is 3.74. The first kappa shape index (κ1) is 18.8. The predicted octanol–water partition coefficient (Wildman–Crippen LogP) is 3.72. The normalized spacial score (nSPS) is 17.6. The molecule has 0 atom stereocenters. The van der Waals surface area contributed by atoms with Crippen LogP contribution in [0.5, 0.6) is 0 Å². The molecule has 0 aliphatic carbocycles. The molecular weight excluding hydrogens is 398 g/mol. The fourth-order valence-corrected chi connectivity index (χ4v) is 3.34. The fraction of sp³-hybridized carbons (Fsp3) is 0.150. The number of rotatable bonds is 4. The van der Waals surface area contributed by atoms with Crippen LogP contribution in [0.25, 0.3) is 6.08 Å². The van der Waals surface area contributed by atoms with E-state index in [0.717, 1.165) is 12.1 Å². The van der Waals surface area contributed by atoms with Crippen LogP contribution in [0, 0.1) is 10.1 Å². The molecule has 2 aromatic carbocycles. The van der Waals surface area contributed by atoms with Crippen molar-refractivity contribution in [2.45, 2.75) is 12.8 Å². The molecule has 0 spiro atoms. The number of halogens is 1. The zero-order valence-electron chi connectivity index (χ0n) is 15.0. The van der Waals surface area contributed by atoms with Crippen molar-refractivity contribution >= 4 is 46.8 Å². The summed E-state index contributed by atoms with van der Waals surface area (Å²) in [6.07, 6.45) is 2.78. The smallest absolute Gasteiger partial charge is 0.363 e. The number of anilines is 1. The lowest BCUT2D eigenvalue weighted by Gasteiger charge is -2.15. The highest BCUT2D eigenvalue weighted by molar-refractivity contribution is 6.32. The first-order valence-corrected chi connectivity index (χ1v) is 9.17. The van der Waals surface area contributed by atoms with Crippen molar-refractivity contribution in [1.82, 2.24) is 0 Å². The number of benzene rings is 2. The highest BCUT2D eigenvalue weighted by Crippen LogP contribution is 2.28. The van der Waals surface area contributed by atoms with Crippen molar-refractivity contribution in [2.75, 3.05) is 11.4 Å². The van der Waals surface area contributed by atoms with Crippen molar-refractivity contribution in [3.8, 4) is 0 Å². The number of hydrogen-bond acceptors (Lipinski definition) is 6. The Morgan fingerprint density at radius 2 is 1.93 bits per heavy atom. The maximum atomic E-state index is 12.1. The van der Waals surface area contributed by atoms with Crippen molar-refractivity contribution in [3.05, 3.63) is 74.4 Å². The summed E-state index contributed by atoms with van der Waals surface area (Å²) < 4.78 is 5.22. The van der Waals surface area contributed by atoms with Gasteiger partial charge in [0.25, 0.3) is 5.69 Å². The second kappa shape index (κ2) is 7.48. The van der Waals surface area contributed by atoms with Crippen LogP contribution < -0.4 is 4.90 Å². The first-order valence-electron chi connectivity index (χ1n) is 8.80. The van der Waals surface area contributed by atoms with Gasteiger partial charge >= 0.3 is 5.97 Å². The van der Waals surface area contributed by atoms with E-state index in [9.17, 15) is 19.7 Å². The average Bonchev–Trinajstić information content (AvgIpc) is 3.29. The molecule has 8 nitrogen and oxygen atoms in total. The Bertz CT molecular complexity index is 1090. The highest BCUT2D eigenvalue weighted by Gasteiger charge is 2.26. The molecule has 4 rings (SSSR count). The lowest BCUT2D eigenvalue weighted by Crippen LogP contribution is -2.23. The Kier molecular flexibility index (Phi) is 4.85. The van der Waals surface area contributed by atoms with E-state index in [1.54, 1.807) is 35.2 Å². The molecule has 0 bridgehead atoms. The minimum absolute atomic E-state index is 0.00640. The van der Waals surface area contributed by atoms with Crippen LogP contribution in [-0.4, -0.2) is 29.2 Å². The predicted molar refractivity (Wildman–Crippen MR) is 107 cm³/mol. The van der Waals surface area contributed by atoms with Crippen molar-refractivity contribution in [3.63, 3.8) is 0 Å². The number of nitrogens with zero attached hydrogens (tertiary/aromatic N) is 3. The molecule has 1 amide bonds.